The first-order valence-electron chi connectivity index (χ1n) is 8.47. The van der Waals surface area contributed by atoms with Crippen LogP contribution in [-0.2, 0) is 11.3 Å². The van der Waals surface area contributed by atoms with E-state index in [0.717, 1.165) is 16.9 Å². The molecule has 0 radical (unpaired) electrons. The molecule has 0 fully saturated rings. The van der Waals surface area contributed by atoms with E-state index < -0.39 is 5.97 Å². The van der Waals surface area contributed by atoms with Gasteiger partial charge in [-0.15, -0.1) is 0 Å². The average Bonchev–Trinajstić information content (AvgIpc) is 2.68. The Balaban J connectivity index is 1.59. The second-order valence-electron chi connectivity index (χ2n) is 6.28. The molecule has 0 saturated heterocycles. The molecule has 2 heterocycles. The number of nitrogens with zero attached hydrogens (tertiary/aromatic N) is 3. The van der Waals surface area contributed by atoms with E-state index in [4.69, 9.17) is 4.74 Å². The topological polar surface area (TPSA) is 65.0 Å². The van der Waals surface area contributed by atoms with Crippen LogP contribution in [0.1, 0.15) is 27.3 Å². The van der Waals surface area contributed by atoms with Crippen LogP contribution < -0.4 is 0 Å². The Kier molecular flexibility index (Phi) is 4.24. The smallest absolute Gasteiger partial charge is 0.338 e. The molecular formula is C21H16FN3O2. The van der Waals surface area contributed by atoms with Crippen molar-refractivity contribution in [1.29, 1.82) is 0 Å². The van der Waals surface area contributed by atoms with Gasteiger partial charge in [-0.25, -0.2) is 19.2 Å². The third-order valence-electron chi connectivity index (χ3n) is 4.47. The van der Waals surface area contributed by atoms with Crippen LogP contribution >= 0.6 is 0 Å². The highest BCUT2D eigenvalue weighted by Crippen LogP contribution is 2.21. The number of ether oxygens (including phenoxy) is 1. The average molecular weight is 361 g/mol. The van der Waals surface area contributed by atoms with Gasteiger partial charge < -0.3 is 4.74 Å². The van der Waals surface area contributed by atoms with Crippen molar-refractivity contribution in [3.05, 3.63) is 77.0 Å². The highest BCUT2D eigenvalue weighted by Gasteiger charge is 2.13. The maximum Gasteiger partial charge on any atom is 0.338 e. The Morgan fingerprint density at radius 1 is 1.04 bits per heavy atom. The molecule has 2 aromatic carbocycles. The summed E-state index contributed by atoms with van der Waals surface area (Å²) in [7, 11) is 0. The van der Waals surface area contributed by atoms with E-state index in [-0.39, 0.29) is 12.4 Å². The Labute approximate surface area is 154 Å². The van der Waals surface area contributed by atoms with Crippen molar-refractivity contribution in [3.63, 3.8) is 0 Å². The third-order valence-corrected chi connectivity index (χ3v) is 4.47. The Morgan fingerprint density at radius 3 is 2.63 bits per heavy atom. The third kappa shape index (κ3) is 3.21. The molecule has 0 aliphatic carbocycles. The molecule has 4 rings (SSSR count). The van der Waals surface area contributed by atoms with Crippen molar-refractivity contribution in [1.82, 2.24) is 15.0 Å². The molecule has 0 amide bonds. The molecule has 0 spiro atoms. The van der Waals surface area contributed by atoms with Crippen LogP contribution in [0.2, 0.25) is 0 Å². The SMILES string of the molecule is Cc1nc2ccc(C(=O)OCc3ccc(F)c4cccnc34)cc2nc1C. The van der Waals surface area contributed by atoms with Gasteiger partial charge in [0.15, 0.2) is 0 Å². The zero-order valence-corrected chi connectivity index (χ0v) is 14.9. The molecular weight excluding hydrogens is 345 g/mol. The van der Waals surface area contributed by atoms with Crippen LogP contribution in [0, 0.1) is 19.7 Å². The highest BCUT2D eigenvalue weighted by molar-refractivity contribution is 5.93. The minimum Gasteiger partial charge on any atom is -0.457 e. The van der Waals surface area contributed by atoms with Crippen LogP contribution in [0.25, 0.3) is 21.9 Å². The van der Waals surface area contributed by atoms with Gasteiger partial charge >= 0.3 is 5.97 Å². The Hall–Kier alpha value is -3.41. The summed E-state index contributed by atoms with van der Waals surface area (Å²) in [6.45, 7) is 3.77. The van der Waals surface area contributed by atoms with E-state index in [2.05, 4.69) is 15.0 Å². The number of carbonyl (C=O) groups is 1. The zero-order valence-electron chi connectivity index (χ0n) is 14.9. The van der Waals surface area contributed by atoms with Gasteiger partial charge in [0.05, 0.1) is 33.5 Å². The van der Waals surface area contributed by atoms with Gasteiger partial charge in [-0.05, 0) is 50.2 Å². The molecule has 134 valence electrons. The lowest BCUT2D eigenvalue weighted by Crippen LogP contribution is -2.06. The summed E-state index contributed by atoms with van der Waals surface area (Å²) in [6, 6.07) is 11.3. The molecule has 0 unspecified atom stereocenters. The fourth-order valence-electron chi connectivity index (χ4n) is 2.90. The van der Waals surface area contributed by atoms with Crippen molar-refractivity contribution >= 4 is 27.9 Å². The predicted molar refractivity (Wildman–Crippen MR) is 99.8 cm³/mol. The fourth-order valence-corrected chi connectivity index (χ4v) is 2.90. The number of aromatic nitrogens is 3. The zero-order chi connectivity index (χ0) is 19.0. The van der Waals surface area contributed by atoms with Crippen molar-refractivity contribution in [2.75, 3.05) is 0 Å². The molecule has 5 nitrogen and oxygen atoms in total. The monoisotopic (exact) mass is 361 g/mol. The summed E-state index contributed by atoms with van der Waals surface area (Å²) in [5.41, 5.74) is 4.56. The van der Waals surface area contributed by atoms with Gasteiger partial charge in [0.25, 0.3) is 0 Å². The summed E-state index contributed by atoms with van der Waals surface area (Å²) in [4.78, 5) is 25.6. The number of esters is 1. The summed E-state index contributed by atoms with van der Waals surface area (Å²) >= 11 is 0. The lowest BCUT2D eigenvalue weighted by atomic mass is 10.1. The first kappa shape index (κ1) is 17.0. The molecule has 0 saturated carbocycles. The minimum atomic E-state index is -0.481. The van der Waals surface area contributed by atoms with Crippen LogP contribution in [0.15, 0.2) is 48.7 Å². The van der Waals surface area contributed by atoms with Crippen molar-refractivity contribution in [2.24, 2.45) is 0 Å². The molecule has 0 atom stereocenters. The van der Waals surface area contributed by atoms with Gasteiger partial charge in [-0.2, -0.15) is 0 Å². The fraction of sp³-hybridized carbons (Fsp3) is 0.143. The van der Waals surface area contributed by atoms with E-state index in [1.807, 2.05) is 13.8 Å². The normalized spacial score (nSPS) is 11.1. The van der Waals surface area contributed by atoms with Crippen LogP contribution in [0.4, 0.5) is 4.39 Å². The summed E-state index contributed by atoms with van der Waals surface area (Å²) in [6.07, 6.45) is 1.58. The maximum absolute atomic E-state index is 13.9. The number of pyridine rings is 1. The molecule has 0 bridgehead atoms. The molecule has 4 aromatic rings. The summed E-state index contributed by atoms with van der Waals surface area (Å²) < 4.78 is 19.3. The van der Waals surface area contributed by atoms with E-state index in [1.165, 1.54) is 6.07 Å². The molecule has 2 aromatic heterocycles. The lowest BCUT2D eigenvalue weighted by Gasteiger charge is -2.09. The Morgan fingerprint density at radius 2 is 1.81 bits per heavy atom. The summed E-state index contributed by atoms with van der Waals surface area (Å²) in [5.74, 6) is -0.836. The number of rotatable bonds is 3. The second-order valence-corrected chi connectivity index (χ2v) is 6.28. The summed E-state index contributed by atoms with van der Waals surface area (Å²) in [5, 5.41) is 0.401. The largest absolute Gasteiger partial charge is 0.457 e. The van der Waals surface area contributed by atoms with E-state index in [1.54, 1.807) is 42.6 Å². The molecule has 0 N–H and O–H groups in total. The molecule has 0 aliphatic heterocycles. The van der Waals surface area contributed by atoms with E-state index >= 15 is 0 Å². The van der Waals surface area contributed by atoms with E-state index in [0.29, 0.717) is 27.5 Å². The number of benzene rings is 2. The molecule has 0 aliphatic rings. The van der Waals surface area contributed by atoms with Crippen LogP contribution in [-0.4, -0.2) is 20.9 Å². The quantitative estimate of drug-likeness (QED) is 0.509. The predicted octanol–water partition coefficient (Wildman–Crippen LogP) is 4.29. The minimum absolute atomic E-state index is 0.00324. The number of halogens is 1. The van der Waals surface area contributed by atoms with Gasteiger partial charge in [0.1, 0.15) is 12.4 Å². The Bertz CT molecular complexity index is 1190. The highest BCUT2D eigenvalue weighted by atomic mass is 19.1. The first-order valence-corrected chi connectivity index (χ1v) is 8.47. The van der Waals surface area contributed by atoms with Gasteiger partial charge in [0.2, 0.25) is 0 Å². The lowest BCUT2D eigenvalue weighted by molar-refractivity contribution is 0.0474. The van der Waals surface area contributed by atoms with Crippen molar-refractivity contribution in [2.45, 2.75) is 20.5 Å². The van der Waals surface area contributed by atoms with Gasteiger partial charge in [-0.3, -0.25) is 4.98 Å². The van der Waals surface area contributed by atoms with Crippen LogP contribution in [0.5, 0.6) is 0 Å². The number of carbonyl (C=O) groups excluding carboxylic acids is 1. The number of hydrogen-bond acceptors (Lipinski definition) is 5. The van der Waals surface area contributed by atoms with Gasteiger partial charge in [0, 0.05) is 17.1 Å². The molecule has 6 heteroatoms. The van der Waals surface area contributed by atoms with Crippen molar-refractivity contribution < 1.29 is 13.9 Å². The van der Waals surface area contributed by atoms with E-state index in [9.17, 15) is 9.18 Å². The number of fused-ring (bicyclic) bond motifs is 2. The van der Waals surface area contributed by atoms with Gasteiger partial charge in [-0.1, -0.05) is 6.07 Å². The maximum atomic E-state index is 13.9. The number of aryl methyl sites for hydroxylation is 2. The van der Waals surface area contributed by atoms with Crippen LogP contribution in [0.3, 0.4) is 0 Å². The molecule has 27 heavy (non-hydrogen) atoms. The number of hydrogen-bond donors (Lipinski definition) is 0. The standard InChI is InChI=1S/C21H16FN3O2/c1-12-13(2)25-19-10-14(6-8-18(19)24-12)21(26)27-11-15-5-7-17(22)16-4-3-9-23-20(15)16/h3-10H,11H2,1-2H3. The second kappa shape index (κ2) is 6.72. The van der Waals surface area contributed by atoms with Crippen molar-refractivity contribution in [3.8, 4) is 0 Å². The first-order chi connectivity index (χ1) is 13.0.